The molecule has 0 bridgehead atoms. The van der Waals surface area contributed by atoms with Crippen LogP contribution in [0.4, 0.5) is 20.7 Å². The molecule has 0 aliphatic carbocycles. The summed E-state index contributed by atoms with van der Waals surface area (Å²) in [6.45, 7) is 1.68. The number of likely N-dealkylation sites (N-methyl/N-ethyl adjacent to an activating group) is 2. The van der Waals surface area contributed by atoms with Gasteiger partial charge in [0.05, 0.1) is 0 Å². The van der Waals surface area contributed by atoms with Crippen LogP contribution in [0.2, 0.25) is 0 Å². The van der Waals surface area contributed by atoms with Crippen LogP contribution in [0.1, 0.15) is 12.8 Å². The summed E-state index contributed by atoms with van der Waals surface area (Å²) in [5, 5.41) is 2.70. The van der Waals surface area contributed by atoms with Crippen LogP contribution >= 0.6 is 0 Å². The quantitative estimate of drug-likeness (QED) is 0.781. The molecule has 3 N–H and O–H groups in total. The molecular formula is C18H23FN6O2. The molecule has 9 heteroatoms. The van der Waals surface area contributed by atoms with Crippen LogP contribution in [0.3, 0.4) is 0 Å². The number of ether oxygens (including phenoxy) is 1. The van der Waals surface area contributed by atoms with Gasteiger partial charge in [-0.2, -0.15) is 0 Å². The van der Waals surface area contributed by atoms with Crippen LogP contribution in [0, 0.1) is 5.82 Å². The number of nitrogen functional groups attached to an aromatic ring is 1. The second kappa shape index (κ2) is 8.17. The molecule has 1 fully saturated rings. The molecule has 1 unspecified atom stereocenters. The molecule has 27 heavy (non-hydrogen) atoms. The predicted octanol–water partition coefficient (Wildman–Crippen LogP) is 2.55. The zero-order chi connectivity index (χ0) is 19.4. The minimum atomic E-state index is -0.598. The summed E-state index contributed by atoms with van der Waals surface area (Å²) in [5.74, 6) is -0.226. The van der Waals surface area contributed by atoms with E-state index in [9.17, 15) is 9.18 Å². The van der Waals surface area contributed by atoms with Gasteiger partial charge in [0.1, 0.15) is 12.1 Å². The molecule has 2 amide bonds. The number of aromatic nitrogens is 2. The van der Waals surface area contributed by atoms with E-state index in [-0.39, 0.29) is 23.5 Å². The molecule has 1 aliphatic heterocycles. The maximum Gasteiger partial charge on any atom is 0.322 e. The Morgan fingerprint density at radius 1 is 1.44 bits per heavy atom. The third-order valence-electron chi connectivity index (χ3n) is 4.55. The van der Waals surface area contributed by atoms with E-state index in [1.54, 1.807) is 11.9 Å². The number of hydrogen-bond acceptors (Lipinski definition) is 6. The van der Waals surface area contributed by atoms with Crippen LogP contribution in [0.15, 0.2) is 30.6 Å². The largest absolute Gasteiger partial charge is 0.436 e. The maximum absolute atomic E-state index is 13.8. The number of urea groups is 1. The molecule has 144 valence electrons. The normalized spacial score (nSPS) is 16.9. The lowest BCUT2D eigenvalue weighted by molar-refractivity contribution is 0.201. The Morgan fingerprint density at radius 3 is 2.96 bits per heavy atom. The number of halogens is 1. The van der Waals surface area contributed by atoms with E-state index in [0.29, 0.717) is 18.3 Å². The van der Waals surface area contributed by atoms with Crippen LogP contribution < -0.4 is 15.8 Å². The van der Waals surface area contributed by atoms with Crippen molar-refractivity contribution in [1.82, 2.24) is 19.8 Å². The van der Waals surface area contributed by atoms with Gasteiger partial charge in [-0.3, -0.25) is 5.32 Å². The maximum atomic E-state index is 13.8. The standard InChI is InChI=1S/C18H23FN6O2/c1-24-7-3-4-13(24)10-25(2)18(26)23-16-9-17(22-11-21-16)27-15-6-5-12(20)8-14(15)19/h5-6,8-9,11,13H,3-4,7,10,20H2,1-2H3,(H,21,22,23,26). The van der Waals surface area contributed by atoms with Crippen molar-refractivity contribution in [1.29, 1.82) is 0 Å². The van der Waals surface area contributed by atoms with E-state index in [4.69, 9.17) is 10.5 Å². The van der Waals surface area contributed by atoms with E-state index in [2.05, 4.69) is 27.2 Å². The van der Waals surface area contributed by atoms with Gasteiger partial charge in [0.15, 0.2) is 11.6 Å². The van der Waals surface area contributed by atoms with Gasteiger partial charge in [0, 0.05) is 37.5 Å². The first-order valence-electron chi connectivity index (χ1n) is 8.69. The lowest BCUT2D eigenvalue weighted by atomic mass is 10.2. The summed E-state index contributed by atoms with van der Waals surface area (Å²) in [6, 6.07) is 5.61. The van der Waals surface area contributed by atoms with Gasteiger partial charge in [-0.15, -0.1) is 0 Å². The van der Waals surface area contributed by atoms with Crippen LogP contribution in [-0.4, -0.2) is 59.0 Å². The number of hydrogen-bond donors (Lipinski definition) is 2. The number of carbonyl (C=O) groups excluding carboxylic acids is 1. The highest BCUT2D eigenvalue weighted by molar-refractivity contribution is 5.88. The lowest BCUT2D eigenvalue weighted by Crippen LogP contribution is -2.41. The molecule has 1 atom stereocenters. The number of carbonyl (C=O) groups is 1. The Morgan fingerprint density at radius 2 is 2.26 bits per heavy atom. The Balaban J connectivity index is 1.62. The molecule has 8 nitrogen and oxygen atoms in total. The Labute approximate surface area is 157 Å². The summed E-state index contributed by atoms with van der Waals surface area (Å²) in [4.78, 5) is 24.2. The Kier molecular flexibility index (Phi) is 5.70. The minimum absolute atomic E-state index is 0.0124. The number of nitrogens with one attached hydrogen (secondary N) is 1. The average Bonchev–Trinajstić information content (AvgIpc) is 3.02. The smallest absolute Gasteiger partial charge is 0.322 e. The monoisotopic (exact) mass is 374 g/mol. The van der Waals surface area contributed by atoms with Crippen molar-refractivity contribution >= 4 is 17.5 Å². The van der Waals surface area contributed by atoms with Crippen molar-refractivity contribution in [2.24, 2.45) is 0 Å². The van der Waals surface area contributed by atoms with E-state index in [0.717, 1.165) is 25.5 Å². The number of amides is 2. The summed E-state index contributed by atoms with van der Waals surface area (Å²) in [6.07, 6.45) is 3.46. The van der Waals surface area contributed by atoms with Crippen molar-refractivity contribution in [3.63, 3.8) is 0 Å². The van der Waals surface area contributed by atoms with Crippen LogP contribution in [0.5, 0.6) is 11.6 Å². The van der Waals surface area contributed by atoms with Gasteiger partial charge >= 0.3 is 6.03 Å². The second-order valence-electron chi connectivity index (χ2n) is 6.62. The van der Waals surface area contributed by atoms with E-state index in [1.807, 2.05) is 0 Å². The average molecular weight is 374 g/mol. The first-order valence-corrected chi connectivity index (χ1v) is 8.69. The van der Waals surface area contributed by atoms with Crippen molar-refractivity contribution in [2.45, 2.75) is 18.9 Å². The Bertz CT molecular complexity index is 818. The van der Waals surface area contributed by atoms with Gasteiger partial charge < -0.3 is 20.3 Å². The molecule has 1 saturated heterocycles. The number of rotatable bonds is 5. The topological polar surface area (TPSA) is 96.6 Å². The van der Waals surface area contributed by atoms with E-state index in [1.165, 1.54) is 24.5 Å². The number of nitrogens with two attached hydrogens (primary N) is 1. The summed E-state index contributed by atoms with van der Waals surface area (Å²) in [7, 11) is 3.80. The zero-order valence-electron chi connectivity index (χ0n) is 15.4. The summed E-state index contributed by atoms with van der Waals surface area (Å²) >= 11 is 0. The molecule has 2 heterocycles. The number of nitrogens with zero attached hydrogens (tertiary/aromatic N) is 4. The highest BCUT2D eigenvalue weighted by Gasteiger charge is 2.24. The van der Waals surface area contributed by atoms with Crippen LogP contribution in [-0.2, 0) is 0 Å². The van der Waals surface area contributed by atoms with Gasteiger partial charge in [-0.05, 0) is 38.6 Å². The summed E-state index contributed by atoms with van der Waals surface area (Å²) in [5.41, 5.74) is 5.82. The Hall–Kier alpha value is -2.94. The second-order valence-corrected chi connectivity index (χ2v) is 6.62. The number of anilines is 2. The summed E-state index contributed by atoms with van der Waals surface area (Å²) < 4.78 is 19.3. The van der Waals surface area contributed by atoms with E-state index >= 15 is 0 Å². The molecule has 1 aromatic heterocycles. The third kappa shape index (κ3) is 4.82. The minimum Gasteiger partial charge on any atom is -0.436 e. The van der Waals surface area contributed by atoms with Crippen molar-refractivity contribution < 1.29 is 13.9 Å². The number of likely N-dealkylation sites (tertiary alicyclic amines) is 1. The van der Waals surface area contributed by atoms with Gasteiger partial charge in [-0.1, -0.05) is 0 Å². The molecule has 0 spiro atoms. The van der Waals surface area contributed by atoms with Gasteiger partial charge in [0.2, 0.25) is 5.88 Å². The first-order chi connectivity index (χ1) is 12.9. The van der Waals surface area contributed by atoms with Crippen molar-refractivity contribution in [3.05, 3.63) is 36.4 Å². The molecule has 0 radical (unpaired) electrons. The van der Waals surface area contributed by atoms with Crippen LogP contribution in [0.25, 0.3) is 0 Å². The molecule has 0 saturated carbocycles. The molecule has 3 rings (SSSR count). The van der Waals surface area contributed by atoms with Gasteiger partial charge in [-0.25, -0.2) is 19.2 Å². The lowest BCUT2D eigenvalue weighted by Gasteiger charge is -2.25. The van der Waals surface area contributed by atoms with Crippen molar-refractivity contribution in [2.75, 3.05) is 38.2 Å². The molecular weight excluding hydrogens is 351 g/mol. The number of benzene rings is 1. The first kappa shape index (κ1) is 18.8. The van der Waals surface area contributed by atoms with Gasteiger partial charge in [0.25, 0.3) is 0 Å². The molecule has 1 aromatic carbocycles. The van der Waals surface area contributed by atoms with Crippen molar-refractivity contribution in [3.8, 4) is 11.6 Å². The SMILES string of the molecule is CN(CC1CCCN1C)C(=O)Nc1cc(Oc2ccc(N)cc2F)ncn1. The fourth-order valence-corrected chi connectivity index (χ4v) is 2.99. The highest BCUT2D eigenvalue weighted by Crippen LogP contribution is 2.25. The fraction of sp³-hybridized carbons (Fsp3) is 0.389. The predicted molar refractivity (Wildman–Crippen MR) is 100 cm³/mol. The fourth-order valence-electron chi connectivity index (χ4n) is 2.99. The highest BCUT2D eigenvalue weighted by atomic mass is 19.1. The van der Waals surface area contributed by atoms with E-state index < -0.39 is 5.82 Å². The molecule has 2 aromatic rings. The zero-order valence-corrected chi connectivity index (χ0v) is 15.4. The molecule has 1 aliphatic rings. The third-order valence-corrected chi connectivity index (χ3v) is 4.55.